The zero-order chi connectivity index (χ0) is 10.3. The summed E-state index contributed by atoms with van der Waals surface area (Å²) in [6.07, 6.45) is 0.195. The summed E-state index contributed by atoms with van der Waals surface area (Å²) in [5.74, 6) is -0.403. The molecule has 13 heavy (non-hydrogen) atoms. The Morgan fingerprint density at radius 1 is 1.54 bits per heavy atom. The van der Waals surface area contributed by atoms with Gasteiger partial charge in [0, 0.05) is 19.3 Å². The third kappa shape index (κ3) is 5.56. The molecule has 0 aliphatic rings. The molecule has 0 aromatic rings. The van der Waals surface area contributed by atoms with Gasteiger partial charge in [-0.05, 0) is 13.8 Å². The van der Waals surface area contributed by atoms with Crippen molar-refractivity contribution in [1.82, 2.24) is 0 Å². The molecule has 5 heteroatoms. The molecule has 0 spiro atoms. The van der Waals surface area contributed by atoms with Gasteiger partial charge in [0.25, 0.3) is 0 Å². The summed E-state index contributed by atoms with van der Waals surface area (Å²) in [6, 6.07) is 0. The lowest BCUT2D eigenvalue weighted by Gasteiger charge is -2.11. The zero-order valence-corrected chi connectivity index (χ0v) is 9.25. The fraction of sp³-hybridized carbons (Fsp3) is 0.625. The summed E-state index contributed by atoms with van der Waals surface area (Å²) in [4.78, 5) is 11.0. The van der Waals surface area contributed by atoms with E-state index in [-0.39, 0.29) is 6.23 Å². The Labute approximate surface area is 80.3 Å². The predicted molar refractivity (Wildman–Crippen MR) is 50.2 cm³/mol. The molecule has 0 atom stereocenters. The van der Waals surface area contributed by atoms with Gasteiger partial charge < -0.3 is 13.6 Å². The molecule has 0 N–H and O–H groups in total. The molecular formula is C8H15O4Si. The molecule has 75 valence electrons. The van der Waals surface area contributed by atoms with Crippen molar-refractivity contribution < 1.29 is 18.4 Å². The lowest BCUT2D eigenvalue weighted by molar-refractivity contribution is -0.137. The van der Waals surface area contributed by atoms with Crippen molar-refractivity contribution in [3.05, 3.63) is 12.2 Å². The molecular weight excluding hydrogens is 188 g/mol. The van der Waals surface area contributed by atoms with Crippen molar-refractivity contribution >= 4 is 15.3 Å². The van der Waals surface area contributed by atoms with Crippen molar-refractivity contribution in [2.24, 2.45) is 0 Å². The first-order valence-corrected chi connectivity index (χ1v) is 5.49. The summed E-state index contributed by atoms with van der Waals surface area (Å²) in [5.41, 5.74) is 0.383. The third-order valence-corrected chi connectivity index (χ3v) is 2.65. The van der Waals surface area contributed by atoms with Crippen LogP contribution in [0.4, 0.5) is 0 Å². The minimum atomic E-state index is -1.45. The molecule has 0 saturated heterocycles. The van der Waals surface area contributed by atoms with Gasteiger partial charge in [0.05, 0.1) is 0 Å². The molecule has 1 radical (unpaired) electrons. The van der Waals surface area contributed by atoms with Gasteiger partial charge >= 0.3 is 15.3 Å². The van der Waals surface area contributed by atoms with Crippen molar-refractivity contribution in [3.63, 3.8) is 0 Å². The minimum absolute atomic E-state index is 0.195. The van der Waals surface area contributed by atoms with Crippen LogP contribution in [-0.2, 0) is 18.4 Å². The minimum Gasteiger partial charge on any atom is -0.461 e. The second kappa shape index (κ2) is 6.82. The first-order valence-electron chi connectivity index (χ1n) is 3.97. The number of carbonyl (C=O) groups excluding carboxylic acids is 1. The monoisotopic (exact) mass is 203 g/mol. The lowest BCUT2D eigenvalue weighted by atomic mass is 10.4. The molecule has 0 unspecified atom stereocenters. The topological polar surface area (TPSA) is 44.8 Å². The van der Waals surface area contributed by atoms with Gasteiger partial charge in [-0.25, -0.2) is 4.79 Å². The Kier molecular flexibility index (Phi) is 6.48. The zero-order valence-electron chi connectivity index (χ0n) is 8.25. The number of carbonyl (C=O) groups is 1. The highest BCUT2D eigenvalue weighted by Gasteiger charge is 2.16. The van der Waals surface area contributed by atoms with Crippen LogP contribution in [0.3, 0.4) is 0 Å². The Morgan fingerprint density at radius 2 is 2.15 bits per heavy atom. The number of ether oxygens (including phenoxy) is 1. The van der Waals surface area contributed by atoms with E-state index in [1.165, 1.54) is 0 Å². The molecule has 0 heterocycles. The molecule has 0 fully saturated rings. The maximum Gasteiger partial charge on any atom is 0.426 e. The van der Waals surface area contributed by atoms with Crippen molar-refractivity contribution in [2.75, 3.05) is 19.9 Å². The summed E-state index contributed by atoms with van der Waals surface area (Å²) >= 11 is 0. The first-order chi connectivity index (χ1) is 6.11. The average Bonchev–Trinajstić information content (AvgIpc) is 2.11. The Morgan fingerprint density at radius 3 is 2.54 bits per heavy atom. The largest absolute Gasteiger partial charge is 0.461 e. The highest BCUT2D eigenvalue weighted by atomic mass is 28.3. The summed E-state index contributed by atoms with van der Waals surface area (Å²) in [6.45, 7) is 7.49. The van der Waals surface area contributed by atoms with Crippen LogP contribution in [0.25, 0.3) is 0 Å². The maximum atomic E-state index is 11.0. The molecule has 0 aromatic heterocycles. The molecule has 0 amide bonds. The average molecular weight is 203 g/mol. The van der Waals surface area contributed by atoms with Gasteiger partial charge in [-0.2, -0.15) is 0 Å². The highest BCUT2D eigenvalue weighted by Crippen LogP contribution is 1.95. The van der Waals surface area contributed by atoms with E-state index >= 15 is 0 Å². The van der Waals surface area contributed by atoms with E-state index in [1.54, 1.807) is 14.0 Å². The number of esters is 1. The summed E-state index contributed by atoms with van der Waals surface area (Å²) in [5, 5.41) is 0. The van der Waals surface area contributed by atoms with Crippen LogP contribution in [0.1, 0.15) is 13.8 Å². The highest BCUT2D eigenvalue weighted by molar-refractivity contribution is 6.44. The van der Waals surface area contributed by atoms with E-state index in [0.29, 0.717) is 12.2 Å². The summed E-state index contributed by atoms with van der Waals surface area (Å²) in [7, 11) is 0.0930. The normalized spacial score (nSPS) is 10.2. The maximum absolute atomic E-state index is 11.0. The van der Waals surface area contributed by atoms with E-state index < -0.39 is 15.3 Å². The second-order valence-corrected chi connectivity index (χ2v) is 4.10. The fourth-order valence-electron chi connectivity index (χ4n) is 0.568. The van der Waals surface area contributed by atoms with Crippen LogP contribution in [0.15, 0.2) is 12.2 Å². The Hall–Kier alpha value is -0.653. The van der Waals surface area contributed by atoms with Gasteiger partial charge in [0.2, 0.25) is 0 Å². The number of rotatable bonds is 6. The van der Waals surface area contributed by atoms with Crippen molar-refractivity contribution in [3.8, 4) is 0 Å². The number of hydrogen-bond acceptors (Lipinski definition) is 4. The standard InChI is InChI=1S/C8H15O4Si/c1-5-12-13(10-4)6-11-8(9)7(2)3/h2,5-6H2,1,3-4H3. The van der Waals surface area contributed by atoms with Crippen LogP contribution < -0.4 is 0 Å². The molecule has 0 aliphatic carbocycles. The van der Waals surface area contributed by atoms with Crippen LogP contribution >= 0.6 is 0 Å². The van der Waals surface area contributed by atoms with E-state index in [1.807, 2.05) is 6.92 Å². The Balaban J connectivity index is 3.71. The van der Waals surface area contributed by atoms with Crippen LogP contribution in [-0.4, -0.2) is 35.2 Å². The molecule has 0 bridgehead atoms. The molecule has 0 aliphatic heterocycles. The molecule has 0 aromatic carbocycles. The molecule has 0 rings (SSSR count). The second-order valence-electron chi connectivity index (χ2n) is 2.37. The van der Waals surface area contributed by atoms with Gasteiger partial charge in [-0.1, -0.05) is 6.58 Å². The van der Waals surface area contributed by atoms with E-state index in [0.717, 1.165) is 0 Å². The quantitative estimate of drug-likeness (QED) is 0.364. The lowest BCUT2D eigenvalue weighted by Crippen LogP contribution is -2.29. The molecule has 0 saturated carbocycles. The van der Waals surface area contributed by atoms with Crippen molar-refractivity contribution in [2.45, 2.75) is 13.8 Å². The van der Waals surface area contributed by atoms with Gasteiger partial charge in [-0.3, -0.25) is 0 Å². The number of hydrogen-bond donors (Lipinski definition) is 0. The van der Waals surface area contributed by atoms with Crippen LogP contribution in [0.5, 0.6) is 0 Å². The van der Waals surface area contributed by atoms with Crippen LogP contribution in [0, 0.1) is 0 Å². The fourth-order valence-corrected chi connectivity index (χ4v) is 1.46. The van der Waals surface area contributed by atoms with Crippen molar-refractivity contribution in [1.29, 1.82) is 0 Å². The predicted octanol–water partition coefficient (Wildman–Crippen LogP) is 0.816. The first kappa shape index (κ1) is 12.3. The van der Waals surface area contributed by atoms with E-state index in [4.69, 9.17) is 13.6 Å². The van der Waals surface area contributed by atoms with Crippen LogP contribution in [0.2, 0.25) is 0 Å². The van der Waals surface area contributed by atoms with E-state index in [9.17, 15) is 4.79 Å². The molecule has 4 nitrogen and oxygen atoms in total. The summed E-state index contributed by atoms with van der Waals surface area (Å²) < 4.78 is 15.1. The van der Waals surface area contributed by atoms with Gasteiger partial charge in [0.1, 0.15) is 6.23 Å². The van der Waals surface area contributed by atoms with E-state index in [2.05, 4.69) is 6.58 Å². The third-order valence-electron chi connectivity index (χ3n) is 1.20. The Bertz CT molecular complexity index is 181. The smallest absolute Gasteiger partial charge is 0.426 e. The van der Waals surface area contributed by atoms with Gasteiger partial charge in [0.15, 0.2) is 0 Å². The SMILES string of the molecule is C=C(C)C(=O)OC[Si](OC)OCC. The van der Waals surface area contributed by atoms with Gasteiger partial charge in [-0.15, -0.1) is 0 Å².